The van der Waals surface area contributed by atoms with E-state index in [1.54, 1.807) is 6.07 Å². The van der Waals surface area contributed by atoms with Crippen molar-refractivity contribution in [1.82, 2.24) is 4.98 Å². The van der Waals surface area contributed by atoms with Gasteiger partial charge in [0, 0.05) is 13.6 Å². The normalized spacial score (nSPS) is 11.0. The van der Waals surface area contributed by atoms with E-state index in [0.717, 1.165) is 0 Å². The molecular weight excluding hydrogens is 233 g/mol. The Kier molecular flexibility index (Phi) is 3.78. The number of aromatic nitrogens is 1. The third-order valence-electron chi connectivity index (χ3n) is 2.14. The maximum atomic E-state index is 12.0. The predicted molar refractivity (Wildman–Crippen MR) is 57.3 cm³/mol. The number of nitrogens with zero attached hydrogens (tertiary/aromatic N) is 3. The molecule has 0 atom stereocenters. The second-order valence-electron chi connectivity index (χ2n) is 3.51. The van der Waals surface area contributed by atoms with E-state index in [9.17, 15) is 13.2 Å². The Balaban J connectivity index is 2.77. The first-order valence-corrected chi connectivity index (χ1v) is 4.78. The van der Waals surface area contributed by atoms with Crippen LogP contribution in [0.4, 0.5) is 24.7 Å². The number of hydrogen-bond acceptors (Lipinski definition) is 4. The van der Waals surface area contributed by atoms with Gasteiger partial charge < -0.3 is 10.6 Å². The maximum absolute atomic E-state index is 12.0. The lowest BCUT2D eigenvalue weighted by Gasteiger charge is -2.19. The molecule has 1 rings (SSSR count). The van der Waals surface area contributed by atoms with Gasteiger partial charge in [0.25, 0.3) is 0 Å². The second-order valence-corrected chi connectivity index (χ2v) is 3.51. The number of pyridine rings is 1. The van der Waals surface area contributed by atoms with Crippen LogP contribution in [0.25, 0.3) is 0 Å². The third-order valence-corrected chi connectivity index (χ3v) is 2.14. The smallest absolute Gasteiger partial charge is 0.390 e. The summed E-state index contributed by atoms with van der Waals surface area (Å²) in [6.07, 6.45) is -5.14. The third kappa shape index (κ3) is 3.83. The summed E-state index contributed by atoms with van der Waals surface area (Å²) in [6.45, 7) is -0.217. The van der Waals surface area contributed by atoms with Crippen LogP contribution in [-0.4, -0.2) is 24.8 Å². The topological polar surface area (TPSA) is 65.9 Å². The SMILES string of the molecule is CN(CCC(F)(F)F)c1ccc(N)c(C#N)n1. The summed E-state index contributed by atoms with van der Waals surface area (Å²) in [5.74, 6) is 0.292. The van der Waals surface area contributed by atoms with E-state index in [0.29, 0.717) is 5.82 Å². The van der Waals surface area contributed by atoms with Crippen molar-refractivity contribution in [2.75, 3.05) is 24.2 Å². The number of alkyl halides is 3. The molecule has 17 heavy (non-hydrogen) atoms. The van der Waals surface area contributed by atoms with Gasteiger partial charge in [-0.05, 0) is 12.1 Å². The van der Waals surface area contributed by atoms with Crippen LogP contribution < -0.4 is 10.6 Å². The highest BCUT2D eigenvalue weighted by molar-refractivity contribution is 5.55. The summed E-state index contributed by atoms with van der Waals surface area (Å²) >= 11 is 0. The summed E-state index contributed by atoms with van der Waals surface area (Å²) in [7, 11) is 1.48. The van der Waals surface area contributed by atoms with E-state index < -0.39 is 12.6 Å². The summed E-state index contributed by atoms with van der Waals surface area (Å²) < 4.78 is 36.1. The van der Waals surface area contributed by atoms with Gasteiger partial charge in [-0.3, -0.25) is 0 Å². The van der Waals surface area contributed by atoms with Gasteiger partial charge in [0.1, 0.15) is 11.9 Å². The molecule has 0 radical (unpaired) electrons. The molecule has 0 saturated heterocycles. The fourth-order valence-corrected chi connectivity index (χ4v) is 1.17. The van der Waals surface area contributed by atoms with E-state index >= 15 is 0 Å². The average molecular weight is 244 g/mol. The number of nitrogen functional groups attached to an aromatic ring is 1. The first kappa shape index (κ1) is 13.1. The number of rotatable bonds is 3. The van der Waals surface area contributed by atoms with Gasteiger partial charge >= 0.3 is 6.18 Å². The monoisotopic (exact) mass is 244 g/mol. The maximum Gasteiger partial charge on any atom is 0.390 e. The first-order chi connectivity index (χ1) is 7.83. The first-order valence-electron chi connectivity index (χ1n) is 4.78. The van der Waals surface area contributed by atoms with Crippen LogP contribution in [0.3, 0.4) is 0 Å². The molecular formula is C10H11F3N4. The summed E-state index contributed by atoms with van der Waals surface area (Å²) in [5, 5.41) is 8.69. The second kappa shape index (κ2) is 4.91. The quantitative estimate of drug-likeness (QED) is 0.882. The number of nitriles is 1. The van der Waals surface area contributed by atoms with E-state index in [1.165, 1.54) is 24.1 Å². The molecule has 0 aliphatic heterocycles. The number of anilines is 2. The van der Waals surface area contributed by atoms with Crippen molar-refractivity contribution in [3.05, 3.63) is 17.8 Å². The van der Waals surface area contributed by atoms with Crippen LogP contribution in [0.15, 0.2) is 12.1 Å². The number of hydrogen-bond donors (Lipinski definition) is 1. The Morgan fingerprint density at radius 1 is 1.47 bits per heavy atom. The highest BCUT2D eigenvalue weighted by Gasteiger charge is 2.27. The number of halogens is 3. The van der Waals surface area contributed by atoms with E-state index in [4.69, 9.17) is 11.0 Å². The fraction of sp³-hybridized carbons (Fsp3) is 0.400. The van der Waals surface area contributed by atoms with Gasteiger partial charge in [0.05, 0.1) is 12.1 Å². The van der Waals surface area contributed by atoms with Crippen LogP contribution in [0, 0.1) is 11.3 Å². The molecule has 0 bridgehead atoms. The summed E-state index contributed by atoms with van der Waals surface area (Å²) in [4.78, 5) is 5.19. The minimum atomic E-state index is -4.21. The summed E-state index contributed by atoms with van der Waals surface area (Å²) in [6, 6.07) is 4.71. The Morgan fingerprint density at radius 2 is 2.12 bits per heavy atom. The predicted octanol–water partition coefficient (Wildman–Crippen LogP) is 1.92. The highest BCUT2D eigenvalue weighted by atomic mass is 19.4. The van der Waals surface area contributed by atoms with Crippen molar-refractivity contribution in [3.8, 4) is 6.07 Å². The molecule has 2 N–H and O–H groups in total. The van der Waals surface area contributed by atoms with Crippen LogP contribution in [0.1, 0.15) is 12.1 Å². The lowest BCUT2D eigenvalue weighted by Crippen LogP contribution is -2.25. The van der Waals surface area contributed by atoms with Gasteiger partial charge in [0.15, 0.2) is 5.69 Å². The standard InChI is InChI=1S/C10H11F3N4/c1-17(5-4-10(11,12)13)9-3-2-7(15)8(6-14)16-9/h2-3H,4-5,15H2,1H3. The minimum Gasteiger partial charge on any atom is -0.396 e. The lowest BCUT2D eigenvalue weighted by molar-refractivity contribution is -0.132. The molecule has 0 spiro atoms. The van der Waals surface area contributed by atoms with Crippen molar-refractivity contribution in [2.45, 2.75) is 12.6 Å². The Bertz CT molecular complexity index is 436. The minimum absolute atomic E-state index is 0.0151. The lowest BCUT2D eigenvalue weighted by atomic mass is 10.3. The van der Waals surface area contributed by atoms with Crippen molar-refractivity contribution in [2.24, 2.45) is 0 Å². The molecule has 1 heterocycles. The molecule has 0 aliphatic rings. The molecule has 0 aromatic carbocycles. The average Bonchev–Trinajstić information content (AvgIpc) is 2.25. The number of nitrogens with two attached hydrogens (primary N) is 1. The van der Waals surface area contributed by atoms with Crippen molar-refractivity contribution in [3.63, 3.8) is 0 Å². The van der Waals surface area contributed by atoms with E-state index in [1.807, 2.05) is 0 Å². The van der Waals surface area contributed by atoms with E-state index in [2.05, 4.69) is 4.98 Å². The molecule has 92 valence electrons. The Hall–Kier alpha value is -1.97. The summed E-state index contributed by atoms with van der Waals surface area (Å²) in [5.41, 5.74) is 5.68. The van der Waals surface area contributed by atoms with Gasteiger partial charge in [0.2, 0.25) is 0 Å². The molecule has 0 amide bonds. The van der Waals surface area contributed by atoms with Crippen LogP contribution in [-0.2, 0) is 0 Å². The van der Waals surface area contributed by atoms with Gasteiger partial charge in [-0.1, -0.05) is 0 Å². The Morgan fingerprint density at radius 3 is 2.65 bits per heavy atom. The molecule has 4 nitrogen and oxygen atoms in total. The molecule has 0 unspecified atom stereocenters. The van der Waals surface area contributed by atoms with Crippen LogP contribution in [0.2, 0.25) is 0 Å². The molecule has 1 aromatic rings. The molecule has 0 saturated carbocycles. The molecule has 0 aliphatic carbocycles. The van der Waals surface area contributed by atoms with Gasteiger partial charge in [-0.2, -0.15) is 18.4 Å². The fourth-order valence-electron chi connectivity index (χ4n) is 1.17. The van der Waals surface area contributed by atoms with Crippen LogP contribution in [0.5, 0.6) is 0 Å². The zero-order valence-corrected chi connectivity index (χ0v) is 9.12. The van der Waals surface area contributed by atoms with Gasteiger partial charge in [-0.25, -0.2) is 4.98 Å². The Labute approximate surface area is 96.5 Å². The zero-order chi connectivity index (χ0) is 13.1. The van der Waals surface area contributed by atoms with Crippen molar-refractivity contribution >= 4 is 11.5 Å². The largest absolute Gasteiger partial charge is 0.396 e. The van der Waals surface area contributed by atoms with Crippen molar-refractivity contribution in [1.29, 1.82) is 5.26 Å². The molecule has 7 heteroatoms. The molecule has 1 aromatic heterocycles. The highest BCUT2D eigenvalue weighted by Crippen LogP contribution is 2.21. The van der Waals surface area contributed by atoms with Gasteiger partial charge in [-0.15, -0.1) is 0 Å². The van der Waals surface area contributed by atoms with Crippen molar-refractivity contribution < 1.29 is 13.2 Å². The zero-order valence-electron chi connectivity index (χ0n) is 9.12. The van der Waals surface area contributed by atoms with Crippen LogP contribution >= 0.6 is 0 Å². The van der Waals surface area contributed by atoms with E-state index in [-0.39, 0.29) is 17.9 Å². The molecule has 0 fully saturated rings.